The van der Waals surface area contributed by atoms with Crippen molar-refractivity contribution in [1.82, 2.24) is 9.88 Å². The first-order valence-electron chi connectivity index (χ1n) is 8.99. The SMILES string of the molecule is COc1cccc(C(=O)N(CCN(C)C)c2nc3c(OC)ccc(C)c3s2)c1. The molecule has 0 fully saturated rings. The van der Waals surface area contributed by atoms with E-state index in [0.717, 1.165) is 22.3 Å². The molecule has 0 radical (unpaired) electrons. The van der Waals surface area contributed by atoms with Crippen LogP contribution in [0.4, 0.5) is 5.13 Å². The Morgan fingerprint density at radius 2 is 1.89 bits per heavy atom. The number of benzene rings is 2. The zero-order valence-electron chi connectivity index (χ0n) is 16.9. The van der Waals surface area contributed by atoms with Crippen LogP contribution in [0.25, 0.3) is 10.2 Å². The number of rotatable bonds is 7. The van der Waals surface area contributed by atoms with Gasteiger partial charge in [0.05, 0.1) is 18.9 Å². The Balaban J connectivity index is 2.05. The van der Waals surface area contributed by atoms with Gasteiger partial charge in [0, 0.05) is 18.7 Å². The molecule has 2 aromatic carbocycles. The van der Waals surface area contributed by atoms with Crippen molar-refractivity contribution in [2.75, 3.05) is 46.3 Å². The van der Waals surface area contributed by atoms with Gasteiger partial charge in [0.25, 0.3) is 5.91 Å². The van der Waals surface area contributed by atoms with Crippen LogP contribution in [0.2, 0.25) is 0 Å². The Kier molecular flexibility index (Phi) is 6.16. The number of likely N-dealkylation sites (N-methyl/N-ethyl adjacent to an activating group) is 1. The standard InChI is InChI=1S/C21H25N3O3S/c1-14-9-10-17(27-5)18-19(14)28-21(22-18)24(12-11-23(2)3)20(25)15-7-6-8-16(13-15)26-4/h6-10,13H,11-12H2,1-5H3. The Hall–Kier alpha value is -2.64. The zero-order chi connectivity index (χ0) is 20.3. The molecule has 28 heavy (non-hydrogen) atoms. The molecular formula is C21H25N3O3S. The third-order valence-electron chi connectivity index (χ3n) is 4.48. The number of thiazole rings is 1. The highest BCUT2D eigenvalue weighted by atomic mass is 32.1. The summed E-state index contributed by atoms with van der Waals surface area (Å²) in [5.41, 5.74) is 2.47. The average molecular weight is 400 g/mol. The fraction of sp³-hybridized carbons (Fsp3) is 0.333. The lowest BCUT2D eigenvalue weighted by atomic mass is 10.2. The number of carbonyl (C=O) groups is 1. The first-order chi connectivity index (χ1) is 13.4. The number of fused-ring (bicyclic) bond motifs is 1. The van der Waals surface area contributed by atoms with Crippen molar-refractivity contribution in [3.63, 3.8) is 0 Å². The molecule has 0 bridgehead atoms. The van der Waals surface area contributed by atoms with Crippen molar-refractivity contribution in [3.8, 4) is 11.5 Å². The Labute approximate surface area is 169 Å². The van der Waals surface area contributed by atoms with Gasteiger partial charge in [0.2, 0.25) is 0 Å². The summed E-state index contributed by atoms with van der Waals surface area (Å²) in [6.07, 6.45) is 0. The largest absolute Gasteiger partial charge is 0.497 e. The van der Waals surface area contributed by atoms with E-state index in [1.165, 1.54) is 11.3 Å². The Morgan fingerprint density at radius 1 is 1.11 bits per heavy atom. The lowest BCUT2D eigenvalue weighted by molar-refractivity contribution is 0.0985. The van der Waals surface area contributed by atoms with Gasteiger partial charge in [-0.2, -0.15) is 0 Å². The zero-order valence-corrected chi connectivity index (χ0v) is 17.7. The maximum atomic E-state index is 13.3. The molecule has 6 nitrogen and oxygen atoms in total. The van der Waals surface area contributed by atoms with E-state index in [1.54, 1.807) is 31.3 Å². The molecular weight excluding hydrogens is 374 g/mol. The molecule has 3 aromatic rings. The van der Waals surface area contributed by atoms with Crippen LogP contribution in [0.3, 0.4) is 0 Å². The van der Waals surface area contributed by atoms with Crippen molar-refractivity contribution in [2.45, 2.75) is 6.92 Å². The summed E-state index contributed by atoms with van der Waals surface area (Å²) in [5, 5.41) is 0.664. The van der Waals surface area contributed by atoms with E-state index in [0.29, 0.717) is 28.7 Å². The summed E-state index contributed by atoms with van der Waals surface area (Å²) >= 11 is 1.51. The maximum Gasteiger partial charge on any atom is 0.260 e. The molecule has 0 saturated heterocycles. The van der Waals surface area contributed by atoms with E-state index in [-0.39, 0.29) is 5.91 Å². The van der Waals surface area contributed by atoms with Crippen molar-refractivity contribution >= 4 is 32.6 Å². The molecule has 0 spiro atoms. The Bertz CT molecular complexity index is 984. The fourth-order valence-electron chi connectivity index (χ4n) is 2.87. The smallest absolute Gasteiger partial charge is 0.260 e. The number of aryl methyl sites for hydroxylation is 1. The molecule has 0 aliphatic rings. The van der Waals surface area contributed by atoms with Gasteiger partial charge in [-0.05, 0) is 50.8 Å². The minimum Gasteiger partial charge on any atom is -0.497 e. The van der Waals surface area contributed by atoms with E-state index in [9.17, 15) is 4.79 Å². The van der Waals surface area contributed by atoms with Crippen LogP contribution in [-0.4, -0.2) is 57.2 Å². The number of hydrogen-bond donors (Lipinski definition) is 0. The van der Waals surface area contributed by atoms with Crippen LogP contribution in [0.15, 0.2) is 36.4 Å². The molecule has 7 heteroatoms. The topological polar surface area (TPSA) is 54.9 Å². The van der Waals surface area contributed by atoms with Crippen LogP contribution < -0.4 is 14.4 Å². The lowest BCUT2D eigenvalue weighted by Gasteiger charge is -2.22. The van der Waals surface area contributed by atoms with Gasteiger partial charge in [0.1, 0.15) is 17.0 Å². The Morgan fingerprint density at radius 3 is 2.57 bits per heavy atom. The summed E-state index contributed by atoms with van der Waals surface area (Å²) in [5.74, 6) is 1.26. The first-order valence-corrected chi connectivity index (χ1v) is 9.81. The van der Waals surface area contributed by atoms with Crippen molar-refractivity contribution in [2.24, 2.45) is 0 Å². The molecule has 1 heterocycles. The number of hydrogen-bond acceptors (Lipinski definition) is 6. The molecule has 0 aliphatic carbocycles. The third-order valence-corrected chi connectivity index (χ3v) is 5.69. The summed E-state index contributed by atoms with van der Waals surface area (Å²) in [6, 6.07) is 11.1. The van der Waals surface area contributed by atoms with E-state index in [2.05, 4.69) is 0 Å². The second-order valence-electron chi connectivity index (χ2n) is 6.75. The molecule has 0 saturated carbocycles. The number of nitrogens with zero attached hydrogens (tertiary/aromatic N) is 3. The maximum absolute atomic E-state index is 13.3. The van der Waals surface area contributed by atoms with Crippen LogP contribution in [0, 0.1) is 6.92 Å². The summed E-state index contributed by atoms with van der Waals surface area (Å²) in [6.45, 7) is 3.30. The molecule has 1 aromatic heterocycles. The number of amides is 1. The number of carbonyl (C=O) groups excluding carboxylic acids is 1. The van der Waals surface area contributed by atoms with Crippen molar-refractivity contribution < 1.29 is 14.3 Å². The molecule has 1 amide bonds. The molecule has 0 aliphatic heterocycles. The quantitative estimate of drug-likeness (QED) is 0.604. The fourth-order valence-corrected chi connectivity index (χ4v) is 3.95. The second-order valence-corrected chi connectivity index (χ2v) is 7.73. The molecule has 148 valence electrons. The van der Waals surface area contributed by atoms with Gasteiger partial charge in [0.15, 0.2) is 5.13 Å². The van der Waals surface area contributed by atoms with Gasteiger partial charge in [-0.25, -0.2) is 4.98 Å². The van der Waals surface area contributed by atoms with Crippen LogP contribution in [-0.2, 0) is 0 Å². The van der Waals surface area contributed by atoms with Gasteiger partial charge in [-0.1, -0.05) is 23.5 Å². The highest BCUT2D eigenvalue weighted by Gasteiger charge is 2.23. The first kappa shape index (κ1) is 20.1. The van der Waals surface area contributed by atoms with Gasteiger partial charge >= 0.3 is 0 Å². The van der Waals surface area contributed by atoms with Gasteiger partial charge < -0.3 is 14.4 Å². The molecule has 0 N–H and O–H groups in total. The third kappa shape index (κ3) is 4.10. The highest BCUT2D eigenvalue weighted by molar-refractivity contribution is 7.22. The predicted octanol–water partition coefficient (Wildman–Crippen LogP) is 3.83. The van der Waals surface area contributed by atoms with Crippen LogP contribution >= 0.6 is 11.3 Å². The van der Waals surface area contributed by atoms with Crippen LogP contribution in [0.1, 0.15) is 15.9 Å². The van der Waals surface area contributed by atoms with Crippen molar-refractivity contribution in [3.05, 3.63) is 47.5 Å². The molecule has 0 atom stereocenters. The minimum atomic E-state index is -0.101. The minimum absolute atomic E-state index is 0.101. The number of aromatic nitrogens is 1. The monoisotopic (exact) mass is 399 g/mol. The summed E-state index contributed by atoms with van der Waals surface area (Å²) < 4.78 is 11.8. The van der Waals surface area contributed by atoms with E-state index < -0.39 is 0 Å². The van der Waals surface area contributed by atoms with Gasteiger partial charge in [-0.3, -0.25) is 9.69 Å². The van der Waals surface area contributed by atoms with E-state index >= 15 is 0 Å². The number of methoxy groups -OCH3 is 2. The second kappa shape index (κ2) is 8.58. The summed E-state index contributed by atoms with van der Waals surface area (Å²) in [4.78, 5) is 21.9. The summed E-state index contributed by atoms with van der Waals surface area (Å²) in [7, 11) is 7.20. The van der Waals surface area contributed by atoms with E-state index in [1.807, 2.05) is 50.2 Å². The van der Waals surface area contributed by atoms with Gasteiger partial charge in [-0.15, -0.1) is 0 Å². The number of anilines is 1. The van der Waals surface area contributed by atoms with Crippen LogP contribution in [0.5, 0.6) is 11.5 Å². The normalized spacial score (nSPS) is 11.1. The highest BCUT2D eigenvalue weighted by Crippen LogP contribution is 2.36. The number of ether oxygens (including phenoxy) is 2. The van der Waals surface area contributed by atoms with Crippen molar-refractivity contribution in [1.29, 1.82) is 0 Å². The molecule has 0 unspecified atom stereocenters. The van der Waals surface area contributed by atoms with E-state index in [4.69, 9.17) is 14.5 Å². The predicted molar refractivity (Wildman–Crippen MR) is 114 cm³/mol. The average Bonchev–Trinajstić information content (AvgIpc) is 3.14. The molecule has 3 rings (SSSR count). The lowest BCUT2D eigenvalue weighted by Crippen LogP contribution is -2.36.